The molecular weight excluding hydrogens is 238 g/mol. The maximum absolute atomic E-state index is 10.9. The number of nitro benzene ring substituents is 1. The lowest BCUT2D eigenvalue weighted by Gasteiger charge is -2.11. The third kappa shape index (κ3) is 2.96. The van der Waals surface area contributed by atoms with Crippen molar-refractivity contribution in [3.8, 4) is 5.75 Å². The minimum Gasteiger partial charge on any atom is -0.486 e. The molecule has 1 aliphatic heterocycles. The third-order valence-corrected chi connectivity index (χ3v) is 2.90. The van der Waals surface area contributed by atoms with E-state index in [4.69, 9.17) is 14.6 Å². The highest BCUT2D eigenvalue weighted by Crippen LogP contribution is 2.29. The fourth-order valence-electron chi connectivity index (χ4n) is 1.85. The van der Waals surface area contributed by atoms with E-state index in [1.807, 2.05) is 0 Å². The molecule has 1 atom stereocenters. The van der Waals surface area contributed by atoms with Crippen molar-refractivity contribution >= 4 is 5.69 Å². The van der Waals surface area contributed by atoms with Gasteiger partial charge in [0.05, 0.1) is 24.7 Å². The molecule has 1 N–H and O–H groups in total. The van der Waals surface area contributed by atoms with Crippen LogP contribution in [0.2, 0.25) is 0 Å². The van der Waals surface area contributed by atoms with Crippen molar-refractivity contribution in [2.45, 2.75) is 13.0 Å². The van der Waals surface area contributed by atoms with Gasteiger partial charge in [0, 0.05) is 18.6 Å². The van der Waals surface area contributed by atoms with Gasteiger partial charge < -0.3 is 14.6 Å². The summed E-state index contributed by atoms with van der Waals surface area (Å²) < 4.78 is 10.7. The van der Waals surface area contributed by atoms with E-state index in [0.717, 1.165) is 6.42 Å². The Labute approximate surface area is 104 Å². The number of nitro groups is 1. The molecule has 18 heavy (non-hydrogen) atoms. The molecule has 0 spiro atoms. The molecule has 0 radical (unpaired) electrons. The average molecular weight is 253 g/mol. The molecule has 1 saturated heterocycles. The van der Waals surface area contributed by atoms with Crippen LogP contribution in [0.3, 0.4) is 0 Å². The zero-order valence-corrected chi connectivity index (χ0v) is 9.87. The van der Waals surface area contributed by atoms with Gasteiger partial charge >= 0.3 is 5.69 Å². The van der Waals surface area contributed by atoms with E-state index in [1.54, 1.807) is 0 Å². The molecule has 0 aliphatic carbocycles. The molecule has 6 heteroatoms. The number of nitrogens with zero attached hydrogens (tertiary/aromatic N) is 1. The van der Waals surface area contributed by atoms with Gasteiger partial charge in [-0.1, -0.05) is 0 Å². The molecule has 1 fully saturated rings. The van der Waals surface area contributed by atoms with Crippen LogP contribution < -0.4 is 4.74 Å². The Morgan fingerprint density at radius 3 is 3.00 bits per heavy atom. The molecular formula is C12H15NO5. The summed E-state index contributed by atoms with van der Waals surface area (Å²) in [5, 5.41) is 19.9. The zero-order valence-electron chi connectivity index (χ0n) is 9.87. The van der Waals surface area contributed by atoms with Crippen LogP contribution in [0.4, 0.5) is 5.69 Å². The van der Waals surface area contributed by atoms with Crippen LogP contribution in [0.15, 0.2) is 18.2 Å². The van der Waals surface area contributed by atoms with Crippen molar-refractivity contribution in [1.82, 2.24) is 0 Å². The third-order valence-electron chi connectivity index (χ3n) is 2.90. The van der Waals surface area contributed by atoms with Gasteiger partial charge in [-0.2, -0.15) is 0 Å². The molecule has 1 heterocycles. The summed E-state index contributed by atoms with van der Waals surface area (Å²) in [5.41, 5.74) is 0.518. The van der Waals surface area contributed by atoms with Gasteiger partial charge in [0.1, 0.15) is 0 Å². The summed E-state index contributed by atoms with van der Waals surface area (Å²) in [4.78, 5) is 10.4. The van der Waals surface area contributed by atoms with E-state index < -0.39 is 4.92 Å². The van der Waals surface area contributed by atoms with Crippen LogP contribution in [0.1, 0.15) is 12.0 Å². The summed E-state index contributed by atoms with van der Waals surface area (Å²) in [7, 11) is 0. The fourth-order valence-corrected chi connectivity index (χ4v) is 1.85. The number of hydrogen-bond donors (Lipinski definition) is 1. The molecule has 98 valence electrons. The standard InChI is InChI=1S/C12H15NO5/c14-6-9-1-2-11(13(15)16)12(5-9)18-8-10-3-4-17-7-10/h1-2,5,10,14H,3-4,6-8H2. The number of aliphatic hydroxyl groups excluding tert-OH is 1. The largest absolute Gasteiger partial charge is 0.486 e. The second-order valence-electron chi connectivity index (χ2n) is 4.26. The minimum atomic E-state index is -0.484. The first-order valence-electron chi connectivity index (χ1n) is 5.79. The van der Waals surface area contributed by atoms with Crippen molar-refractivity contribution in [3.63, 3.8) is 0 Å². The van der Waals surface area contributed by atoms with Gasteiger partial charge in [-0.25, -0.2) is 0 Å². The number of aliphatic hydroxyl groups is 1. The molecule has 1 aromatic carbocycles. The predicted molar refractivity (Wildman–Crippen MR) is 63.4 cm³/mol. The second-order valence-corrected chi connectivity index (χ2v) is 4.26. The second kappa shape index (κ2) is 5.79. The number of benzene rings is 1. The van der Waals surface area contributed by atoms with Crippen molar-refractivity contribution < 1.29 is 19.5 Å². The summed E-state index contributed by atoms with van der Waals surface area (Å²) in [6, 6.07) is 4.38. The first-order valence-corrected chi connectivity index (χ1v) is 5.79. The van der Waals surface area contributed by atoms with Gasteiger partial charge in [-0.15, -0.1) is 0 Å². The van der Waals surface area contributed by atoms with E-state index in [9.17, 15) is 10.1 Å². The Morgan fingerprint density at radius 2 is 2.39 bits per heavy atom. The van der Waals surface area contributed by atoms with Crippen LogP contribution >= 0.6 is 0 Å². The highest BCUT2D eigenvalue weighted by atomic mass is 16.6. The highest BCUT2D eigenvalue weighted by Gasteiger charge is 2.20. The number of ether oxygens (including phenoxy) is 2. The van der Waals surface area contributed by atoms with E-state index >= 15 is 0 Å². The van der Waals surface area contributed by atoms with Crippen molar-refractivity contribution in [1.29, 1.82) is 0 Å². The van der Waals surface area contributed by atoms with Gasteiger partial charge in [0.25, 0.3) is 0 Å². The van der Waals surface area contributed by atoms with Gasteiger partial charge in [-0.05, 0) is 24.1 Å². The van der Waals surface area contributed by atoms with E-state index in [-0.39, 0.29) is 24.0 Å². The topological polar surface area (TPSA) is 81.8 Å². The molecule has 1 unspecified atom stereocenters. The lowest BCUT2D eigenvalue weighted by molar-refractivity contribution is -0.385. The van der Waals surface area contributed by atoms with Gasteiger partial charge in [0.2, 0.25) is 0 Å². The first kappa shape index (κ1) is 12.8. The molecule has 1 aliphatic rings. The molecule has 2 rings (SSSR count). The number of rotatable bonds is 5. The maximum atomic E-state index is 10.9. The van der Waals surface area contributed by atoms with Crippen LogP contribution in [-0.2, 0) is 11.3 Å². The molecule has 6 nitrogen and oxygen atoms in total. The molecule has 0 bridgehead atoms. The van der Waals surface area contributed by atoms with Gasteiger partial charge in [-0.3, -0.25) is 10.1 Å². The average Bonchev–Trinajstić information content (AvgIpc) is 2.88. The summed E-state index contributed by atoms with van der Waals surface area (Å²) in [6.45, 7) is 1.58. The summed E-state index contributed by atoms with van der Waals surface area (Å²) in [5.74, 6) is 0.487. The highest BCUT2D eigenvalue weighted by molar-refractivity contribution is 5.48. The number of hydrogen-bond acceptors (Lipinski definition) is 5. The fraction of sp³-hybridized carbons (Fsp3) is 0.500. The molecule has 0 amide bonds. The van der Waals surface area contributed by atoms with E-state index in [1.165, 1.54) is 18.2 Å². The predicted octanol–water partition coefficient (Wildman–Crippen LogP) is 1.50. The SMILES string of the molecule is O=[N+]([O-])c1ccc(CO)cc1OCC1CCOC1. The Hall–Kier alpha value is -1.66. The molecule has 0 saturated carbocycles. The van der Waals surface area contributed by atoms with Crippen LogP contribution in [-0.4, -0.2) is 29.9 Å². The Bertz CT molecular complexity index is 428. The van der Waals surface area contributed by atoms with Crippen LogP contribution in [0.25, 0.3) is 0 Å². The van der Waals surface area contributed by atoms with Gasteiger partial charge in [0.15, 0.2) is 5.75 Å². The van der Waals surface area contributed by atoms with Crippen molar-refractivity contribution in [2.24, 2.45) is 5.92 Å². The smallest absolute Gasteiger partial charge is 0.310 e. The quantitative estimate of drug-likeness (QED) is 0.635. The van der Waals surface area contributed by atoms with Crippen LogP contribution in [0.5, 0.6) is 5.75 Å². The minimum absolute atomic E-state index is 0.0777. The normalized spacial score (nSPS) is 18.8. The Balaban J connectivity index is 2.10. The van der Waals surface area contributed by atoms with Crippen molar-refractivity contribution in [3.05, 3.63) is 33.9 Å². The van der Waals surface area contributed by atoms with Crippen molar-refractivity contribution in [2.75, 3.05) is 19.8 Å². The maximum Gasteiger partial charge on any atom is 0.310 e. The first-order chi connectivity index (χ1) is 8.70. The van der Waals surface area contributed by atoms with E-state index in [0.29, 0.717) is 25.4 Å². The van der Waals surface area contributed by atoms with E-state index in [2.05, 4.69) is 0 Å². The summed E-state index contributed by atoms with van der Waals surface area (Å²) in [6.07, 6.45) is 0.910. The van der Waals surface area contributed by atoms with Crippen LogP contribution in [0, 0.1) is 16.0 Å². The Kier molecular flexibility index (Phi) is 4.11. The monoisotopic (exact) mass is 253 g/mol. The lowest BCUT2D eigenvalue weighted by Crippen LogP contribution is -2.12. The zero-order chi connectivity index (χ0) is 13.0. The molecule has 1 aromatic rings. The summed E-state index contributed by atoms with van der Waals surface area (Å²) >= 11 is 0. The molecule has 0 aromatic heterocycles. The lowest BCUT2D eigenvalue weighted by atomic mass is 10.1. The Morgan fingerprint density at radius 1 is 1.56 bits per heavy atom.